The fourth-order valence-corrected chi connectivity index (χ4v) is 2.11. The fourth-order valence-electron chi connectivity index (χ4n) is 0.863. The van der Waals surface area contributed by atoms with E-state index >= 15 is 0 Å². The average molecular weight is 237 g/mol. The third-order valence-electron chi connectivity index (χ3n) is 1.42. The molecule has 0 aliphatic rings. The maximum atomic E-state index is 5.94. The third-order valence-corrected chi connectivity index (χ3v) is 2.98. The van der Waals surface area contributed by atoms with Gasteiger partial charge < -0.3 is 5.32 Å². The summed E-state index contributed by atoms with van der Waals surface area (Å²) in [5, 5.41) is 4.88. The van der Waals surface area contributed by atoms with Crippen molar-refractivity contribution in [2.45, 2.75) is 11.9 Å². The summed E-state index contributed by atoms with van der Waals surface area (Å²) in [5.74, 6) is 1.61. The van der Waals surface area contributed by atoms with E-state index < -0.39 is 0 Å². The number of thioether (sulfide) groups is 1. The molecule has 13 heavy (non-hydrogen) atoms. The number of hydrogen-bond donors (Lipinski definition) is 1. The van der Waals surface area contributed by atoms with Crippen LogP contribution in [-0.4, -0.2) is 17.8 Å². The number of aromatic nitrogens is 1. The van der Waals surface area contributed by atoms with Gasteiger partial charge in [-0.15, -0.1) is 11.8 Å². The SMILES string of the molecule is CCSc1nc(NC)c(Cl)cc1Cl. The van der Waals surface area contributed by atoms with Crippen LogP contribution < -0.4 is 5.32 Å². The predicted molar refractivity (Wildman–Crippen MR) is 60.2 cm³/mol. The molecule has 0 aliphatic heterocycles. The van der Waals surface area contributed by atoms with Crippen molar-refractivity contribution in [3.05, 3.63) is 16.1 Å². The van der Waals surface area contributed by atoms with E-state index in [2.05, 4.69) is 17.2 Å². The van der Waals surface area contributed by atoms with Crippen molar-refractivity contribution in [3.63, 3.8) is 0 Å². The molecule has 0 amide bonds. The topological polar surface area (TPSA) is 24.9 Å². The first kappa shape index (κ1) is 11.0. The molecule has 1 aromatic rings. The molecule has 0 aromatic carbocycles. The molecule has 0 bridgehead atoms. The number of hydrogen-bond acceptors (Lipinski definition) is 3. The zero-order valence-corrected chi connectivity index (χ0v) is 9.72. The molecule has 0 atom stereocenters. The molecule has 0 saturated carbocycles. The normalized spacial score (nSPS) is 10.2. The summed E-state index contributed by atoms with van der Waals surface area (Å²) >= 11 is 13.4. The van der Waals surface area contributed by atoms with Crippen molar-refractivity contribution in [2.75, 3.05) is 18.1 Å². The molecule has 1 heterocycles. The Balaban J connectivity index is 3.06. The Hall–Kier alpha value is -0.120. The summed E-state index contributed by atoms with van der Waals surface area (Å²) < 4.78 is 0. The standard InChI is InChI=1S/C8H10Cl2N2S/c1-3-13-8-6(10)4-5(9)7(11-2)12-8/h4H,3H2,1-2H3,(H,11,12). The highest BCUT2D eigenvalue weighted by Gasteiger charge is 2.07. The number of pyridine rings is 1. The lowest BCUT2D eigenvalue weighted by Gasteiger charge is -2.06. The summed E-state index contributed by atoms with van der Waals surface area (Å²) in [7, 11) is 1.78. The average Bonchev–Trinajstić information content (AvgIpc) is 2.10. The van der Waals surface area contributed by atoms with Gasteiger partial charge in [0.2, 0.25) is 0 Å². The van der Waals surface area contributed by atoms with Gasteiger partial charge in [0.25, 0.3) is 0 Å². The van der Waals surface area contributed by atoms with Gasteiger partial charge in [0.1, 0.15) is 10.8 Å². The zero-order valence-electron chi connectivity index (χ0n) is 7.40. The molecule has 72 valence electrons. The fraction of sp³-hybridized carbons (Fsp3) is 0.375. The maximum absolute atomic E-state index is 5.94. The molecule has 0 radical (unpaired) electrons. The molecular weight excluding hydrogens is 227 g/mol. The smallest absolute Gasteiger partial charge is 0.145 e. The van der Waals surface area contributed by atoms with Crippen LogP contribution in [-0.2, 0) is 0 Å². The minimum atomic E-state index is 0.549. The van der Waals surface area contributed by atoms with E-state index in [-0.39, 0.29) is 0 Å². The van der Waals surface area contributed by atoms with Gasteiger partial charge in [-0.1, -0.05) is 30.1 Å². The highest BCUT2D eigenvalue weighted by atomic mass is 35.5. The van der Waals surface area contributed by atoms with E-state index in [1.165, 1.54) is 0 Å². The molecule has 0 unspecified atom stereocenters. The van der Waals surface area contributed by atoms with Crippen molar-refractivity contribution in [1.29, 1.82) is 0 Å². The molecule has 1 rings (SSSR count). The van der Waals surface area contributed by atoms with E-state index in [1.807, 2.05) is 0 Å². The third kappa shape index (κ3) is 2.66. The predicted octanol–water partition coefficient (Wildman–Crippen LogP) is 3.54. The summed E-state index contributed by atoms with van der Waals surface area (Å²) in [4.78, 5) is 4.27. The molecule has 2 nitrogen and oxygen atoms in total. The second-order valence-electron chi connectivity index (χ2n) is 2.29. The highest BCUT2D eigenvalue weighted by molar-refractivity contribution is 7.99. The Morgan fingerprint density at radius 2 is 2.15 bits per heavy atom. The van der Waals surface area contributed by atoms with Crippen LogP contribution in [0.15, 0.2) is 11.1 Å². The van der Waals surface area contributed by atoms with Crippen molar-refractivity contribution in [1.82, 2.24) is 4.98 Å². The Morgan fingerprint density at radius 1 is 1.46 bits per heavy atom. The second kappa shape index (κ2) is 4.94. The zero-order chi connectivity index (χ0) is 9.84. The minimum Gasteiger partial charge on any atom is -0.372 e. The number of anilines is 1. The van der Waals surface area contributed by atoms with Gasteiger partial charge in [-0.25, -0.2) is 4.98 Å². The first-order valence-corrected chi connectivity index (χ1v) is 5.59. The van der Waals surface area contributed by atoms with E-state index in [0.29, 0.717) is 15.9 Å². The monoisotopic (exact) mass is 236 g/mol. The molecular formula is C8H10Cl2N2S. The van der Waals surface area contributed by atoms with Crippen LogP contribution in [0.1, 0.15) is 6.92 Å². The largest absolute Gasteiger partial charge is 0.372 e. The number of nitrogens with zero attached hydrogens (tertiary/aromatic N) is 1. The van der Waals surface area contributed by atoms with E-state index in [9.17, 15) is 0 Å². The van der Waals surface area contributed by atoms with Crippen molar-refractivity contribution >= 4 is 40.8 Å². The van der Waals surface area contributed by atoms with Gasteiger partial charge >= 0.3 is 0 Å². The van der Waals surface area contributed by atoms with Gasteiger partial charge in [0.15, 0.2) is 0 Å². The van der Waals surface area contributed by atoms with Gasteiger partial charge in [-0.3, -0.25) is 0 Å². The Morgan fingerprint density at radius 3 is 2.69 bits per heavy atom. The van der Waals surface area contributed by atoms with Crippen LogP contribution in [0.5, 0.6) is 0 Å². The Bertz CT molecular complexity index is 304. The Kier molecular flexibility index (Phi) is 4.16. The molecule has 0 saturated heterocycles. The summed E-state index contributed by atoms with van der Waals surface area (Å²) in [5.41, 5.74) is 0. The van der Waals surface area contributed by atoms with Crippen molar-refractivity contribution in [3.8, 4) is 0 Å². The number of halogens is 2. The second-order valence-corrected chi connectivity index (χ2v) is 4.36. The van der Waals surface area contributed by atoms with Crippen LogP contribution >= 0.6 is 35.0 Å². The first-order chi connectivity index (χ1) is 6.19. The number of rotatable bonds is 3. The highest BCUT2D eigenvalue weighted by Crippen LogP contribution is 2.31. The minimum absolute atomic E-state index is 0.549. The lowest BCUT2D eigenvalue weighted by atomic mass is 10.4. The summed E-state index contributed by atoms with van der Waals surface area (Å²) in [6.45, 7) is 2.05. The van der Waals surface area contributed by atoms with Gasteiger partial charge in [0, 0.05) is 7.05 Å². The van der Waals surface area contributed by atoms with Gasteiger partial charge in [0.05, 0.1) is 10.0 Å². The molecule has 0 spiro atoms. The maximum Gasteiger partial charge on any atom is 0.145 e. The van der Waals surface area contributed by atoms with E-state index in [4.69, 9.17) is 23.2 Å². The molecule has 0 fully saturated rings. The van der Waals surface area contributed by atoms with E-state index in [1.54, 1.807) is 24.9 Å². The van der Waals surface area contributed by atoms with Gasteiger partial charge in [-0.2, -0.15) is 0 Å². The van der Waals surface area contributed by atoms with Crippen LogP contribution in [0.3, 0.4) is 0 Å². The molecule has 1 aromatic heterocycles. The van der Waals surface area contributed by atoms with E-state index in [0.717, 1.165) is 10.8 Å². The lowest BCUT2D eigenvalue weighted by Crippen LogP contribution is -1.95. The molecule has 5 heteroatoms. The van der Waals surface area contributed by atoms with Crippen LogP contribution in [0.2, 0.25) is 10.0 Å². The van der Waals surface area contributed by atoms with Gasteiger partial charge in [-0.05, 0) is 11.8 Å². The molecule has 1 N–H and O–H groups in total. The Labute approximate surface area is 92.0 Å². The van der Waals surface area contributed by atoms with Crippen LogP contribution in [0, 0.1) is 0 Å². The number of nitrogens with one attached hydrogen (secondary N) is 1. The van der Waals surface area contributed by atoms with Crippen molar-refractivity contribution < 1.29 is 0 Å². The van der Waals surface area contributed by atoms with Crippen LogP contribution in [0.25, 0.3) is 0 Å². The quantitative estimate of drug-likeness (QED) is 0.814. The van der Waals surface area contributed by atoms with Crippen LogP contribution in [0.4, 0.5) is 5.82 Å². The summed E-state index contributed by atoms with van der Waals surface area (Å²) in [6.07, 6.45) is 0. The molecule has 0 aliphatic carbocycles. The first-order valence-electron chi connectivity index (χ1n) is 3.85. The lowest BCUT2D eigenvalue weighted by molar-refractivity contribution is 1.13. The summed E-state index contributed by atoms with van der Waals surface area (Å²) in [6, 6.07) is 1.71. The van der Waals surface area contributed by atoms with Crippen molar-refractivity contribution in [2.24, 2.45) is 0 Å².